The largest absolute Gasteiger partial charge is 0.329 e. The summed E-state index contributed by atoms with van der Waals surface area (Å²) in [7, 11) is 0. The van der Waals surface area contributed by atoms with E-state index in [-0.39, 0.29) is 10.7 Å². The summed E-state index contributed by atoms with van der Waals surface area (Å²) in [4.78, 5) is 35.3. The number of nitriles is 1. The van der Waals surface area contributed by atoms with Gasteiger partial charge in [-0.05, 0) is 48.9 Å². The quantitative estimate of drug-likeness (QED) is 0.331. The minimum atomic E-state index is -1.01. The topological polar surface area (TPSA) is 137 Å². The molecule has 0 saturated heterocycles. The first-order valence-corrected chi connectivity index (χ1v) is 9.73. The van der Waals surface area contributed by atoms with Crippen LogP contribution in [0.1, 0.15) is 34.4 Å². The van der Waals surface area contributed by atoms with E-state index in [0.29, 0.717) is 16.1 Å². The van der Waals surface area contributed by atoms with Gasteiger partial charge in [0.1, 0.15) is 16.1 Å². The molecule has 29 heavy (non-hydrogen) atoms. The molecular formula is C18H14ClN5O4S. The molecular weight excluding hydrogens is 418 g/mol. The third-order valence-electron chi connectivity index (χ3n) is 4.26. The molecule has 2 aromatic rings. The van der Waals surface area contributed by atoms with E-state index in [4.69, 9.17) is 11.6 Å². The Bertz CT molecular complexity index is 1070. The molecule has 0 fully saturated rings. The van der Waals surface area contributed by atoms with Crippen molar-refractivity contribution in [2.75, 3.05) is 5.32 Å². The van der Waals surface area contributed by atoms with E-state index < -0.39 is 16.7 Å². The Hall–Kier alpha value is -3.29. The number of aryl methyl sites for hydroxylation is 1. The fourth-order valence-corrected chi connectivity index (χ4v) is 4.39. The first-order chi connectivity index (χ1) is 13.9. The van der Waals surface area contributed by atoms with Crippen LogP contribution < -0.4 is 10.7 Å². The lowest BCUT2D eigenvalue weighted by Crippen LogP contribution is -2.32. The van der Waals surface area contributed by atoms with Crippen LogP contribution in [0.25, 0.3) is 0 Å². The Morgan fingerprint density at radius 2 is 2.07 bits per heavy atom. The Balaban J connectivity index is 1.63. The van der Waals surface area contributed by atoms with Crippen LogP contribution in [-0.4, -0.2) is 23.0 Å². The van der Waals surface area contributed by atoms with Crippen LogP contribution in [0.15, 0.2) is 23.3 Å². The molecule has 0 radical (unpaired) electrons. The zero-order valence-electron chi connectivity index (χ0n) is 14.9. The summed E-state index contributed by atoms with van der Waals surface area (Å²) in [5.74, 6) is -1.96. The molecule has 11 heteroatoms. The molecule has 1 heterocycles. The van der Waals surface area contributed by atoms with Crippen LogP contribution in [0.4, 0.5) is 10.7 Å². The summed E-state index contributed by atoms with van der Waals surface area (Å²) in [6.45, 7) is 0. The van der Waals surface area contributed by atoms with Crippen LogP contribution in [0.2, 0.25) is 5.02 Å². The Kier molecular flexibility index (Phi) is 6.21. The highest BCUT2D eigenvalue weighted by Crippen LogP contribution is 2.37. The van der Waals surface area contributed by atoms with Gasteiger partial charge in [-0.25, -0.2) is 5.43 Å². The summed E-state index contributed by atoms with van der Waals surface area (Å²) < 4.78 is 0. The lowest BCUT2D eigenvalue weighted by Gasteiger charge is -2.09. The van der Waals surface area contributed by atoms with E-state index in [1.165, 1.54) is 35.8 Å². The van der Waals surface area contributed by atoms with Crippen molar-refractivity contribution in [2.24, 2.45) is 5.10 Å². The number of thiophene rings is 1. The summed E-state index contributed by atoms with van der Waals surface area (Å²) in [5, 5.41) is 26.5. The maximum absolute atomic E-state index is 12.1. The normalized spacial score (nSPS) is 12.8. The first-order valence-electron chi connectivity index (χ1n) is 8.53. The second-order valence-electron chi connectivity index (χ2n) is 6.15. The highest BCUT2D eigenvalue weighted by atomic mass is 35.5. The van der Waals surface area contributed by atoms with E-state index >= 15 is 0 Å². The van der Waals surface area contributed by atoms with Crippen LogP contribution >= 0.6 is 22.9 Å². The van der Waals surface area contributed by atoms with E-state index in [2.05, 4.69) is 21.9 Å². The standard InChI is InChI=1S/C18H14ClN5O4S/c19-13-7-10(5-6-14(13)24(27)28)9-21-23-17(26)16(25)22-18-12(8-20)11-3-1-2-4-15(11)29-18/h5-7,9H,1-4H2,(H,22,25)(H,23,26)/b21-9-. The van der Waals surface area contributed by atoms with Crippen molar-refractivity contribution >= 4 is 51.7 Å². The molecule has 0 unspecified atom stereocenters. The summed E-state index contributed by atoms with van der Waals surface area (Å²) >= 11 is 7.11. The van der Waals surface area contributed by atoms with E-state index in [0.717, 1.165) is 36.1 Å². The first kappa shape index (κ1) is 20.4. The molecule has 0 saturated carbocycles. The summed E-state index contributed by atoms with van der Waals surface area (Å²) in [5.41, 5.74) is 3.58. The molecule has 3 rings (SSSR count). The molecule has 1 aliphatic rings. The molecule has 0 spiro atoms. The molecule has 2 N–H and O–H groups in total. The predicted octanol–water partition coefficient (Wildman–Crippen LogP) is 3.15. The fraction of sp³-hybridized carbons (Fsp3) is 0.222. The van der Waals surface area contributed by atoms with E-state index in [9.17, 15) is 25.0 Å². The van der Waals surface area contributed by atoms with Crippen LogP contribution in [0, 0.1) is 21.4 Å². The number of anilines is 1. The van der Waals surface area contributed by atoms with Crippen LogP contribution in [0.5, 0.6) is 0 Å². The molecule has 1 aliphatic carbocycles. The third-order valence-corrected chi connectivity index (χ3v) is 5.77. The SMILES string of the molecule is N#Cc1c(NC(=O)C(=O)N/N=C\c2ccc([N+](=O)[O-])c(Cl)c2)sc2c1CCCC2. The number of carbonyl (C=O) groups is 2. The Morgan fingerprint density at radius 1 is 1.31 bits per heavy atom. The predicted molar refractivity (Wildman–Crippen MR) is 108 cm³/mol. The number of nitro benzene ring substituents is 1. The number of carbonyl (C=O) groups excluding carboxylic acids is 2. The van der Waals surface area contributed by atoms with Gasteiger partial charge < -0.3 is 5.32 Å². The zero-order chi connectivity index (χ0) is 21.0. The van der Waals surface area contributed by atoms with Gasteiger partial charge in [0, 0.05) is 10.9 Å². The van der Waals surface area contributed by atoms with Crippen molar-refractivity contribution in [3.63, 3.8) is 0 Å². The lowest BCUT2D eigenvalue weighted by atomic mass is 9.96. The van der Waals surface area contributed by atoms with Gasteiger partial charge in [-0.15, -0.1) is 11.3 Å². The monoisotopic (exact) mass is 431 g/mol. The number of nitro groups is 1. The van der Waals surface area contributed by atoms with E-state index in [1.54, 1.807) is 0 Å². The van der Waals surface area contributed by atoms with Gasteiger partial charge >= 0.3 is 11.8 Å². The Labute approximate surface area is 174 Å². The van der Waals surface area contributed by atoms with Crippen molar-refractivity contribution in [1.82, 2.24) is 5.43 Å². The number of nitrogens with zero attached hydrogens (tertiary/aromatic N) is 3. The lowest BCUT2D eigenvalue weighted by molar-refractivity contribution is -0.384. The molecule has 0 atom stereocenters. The van der Waals surface area contributed by atoms with Gasteiger partial charge in [-0.1, -0.05) is 11.6 Å². The molecule has 1 aromatic heterocycles. The molecule has 2 amide bonds. The Morgan fingerprint density at radius 3 is 2.76 bits per heavy atom. The summed E-state index contributed by atoms with van der Waals surface area (Å²) in [6, 6.07) is 6.02. The maximum Gasteiger partial charge on any atom is 0.329 e. The number of nitrogens with one attached hydrogen (secondary N) is 2. The van der Waals surface area contributed by atoms with Crippen LogP contribution in [-0.2, 0) is 22.4 Å². The second-order valence-corrected chi connectivity index (χ2v) is 7.66. The average Bonchev–Trinajstić information content (AvgIpc) is 3.04. The number of hydrogen-bond donors (Lipinski definition) is 2. The number of rotatable bonds is 4. The summed E-state index contributed by atoms with van der Waals surface area (Å²) in [6.07, 6.45) is 4.88. The van der Waals surface area contributed by atoms with Gasteiger partial charge in [-0.2, -0.15) is 10.4 Å². The second kappa shape index (κ2) is 8.81. The van der Waals surface area contributed by atoms with Gasteiger partial charge in [-0.3, -0.25) is 19.7 Å². The number of hydrazone groups is 1. The van der Waals surface area contributed by atoms with Crippen molar-refractivity contribution < 1.29 is 14.5 Å². The third kappa shape index (κ3) is 4.59. The van der Waals surface area contributed by atoms with Crippen molar-refractivity contribution in [3.05, 3.63) is 54.9 Å². The minimum absolute atomic E-state index is 0.0753. The smallest absolute Gasteiger partial charge is 0.308 e. The van der Waals surface area contributed by atoms with Crippen molar-refractivity contribution in [2.45, 2.75) is 25.7 Å². The number of fused-ring (bicyclic) bond motifs is 1. The molecule has 9 nitrogen and oxygen atoms in total. The number of amides is 2. The molecule has 148 valence electrons. The number of hydrogen-bond acceptors (Lipinski definition) is 7. The number of benzene rings is 1. The zero-order valence-corrected chi connectivity index (χ0v) is 16.5. The minimum Gasteiger partial charge on any atom is -0.308 e. The average molecular weight is 432 g/mol. The van der Waals surface area contributed by atoms with Gasteiger partial charge in [0.25, 0.3) is 5.69 Å². The van der Waals surface area contributed by atoms with Gasteiger partial charge in [0.15, 0.2) is 0 Å². The van der Waals surface area contributed by atoms with Crippen molar-refractivity contribution in [3.8, 4) is 6.07 Å². The van der Waals surface area contributed by atoms with Crippen LogP contribution in [0.3, 0.4) is 0 Å². The van der Waals surface area contributed by atoms with Gasteiger partial charge in [0.05, 0.1) is 16.7 Å². The molecule has 0 bridgehead atoms. The highest BCUT2D eigenvalue weighted by Gasteiger charge is 2.23. The number of halogens is 1. The van der Waals surface area contributed by atoms with Gasteiger partial charge in [0.2, 0.25) is 0 Å². The molecule has 0 aliphatic heterocycles. The van der Waals surface area contributed by atoms with Crippen molar-refractivity contribution in [1.29, 1.82) is 5.26 Å². The highest BCUT2D eigenvalue weighted by molar-refractivity contribution is 7.16. The van der Waals surface area contributed by atoms with E-state index in [1.807, 2.05) is 0 Å². The molecule has 1 aromatic carbocycles. The fourth-order valence-electron chi connectivity index (χ4n) is 2.90. The maximum atomic E-state index is 12.1.